The third-order valence-corrected chi connectivity index (χ3v) is 4.22. The van der Waals surface area contributed by atoms with Crippen LogP contribution in [0.2, 0.25) is 0 Å². The highest BCUT2D eigenvalue weighted by Gasteiger charge is 2.18. The van der Waals surface area contributed by atoms with Crippen molar-refractivity contribution >= 4 is 40.8 Å². The van der Waals surface area contributed by atoms with Crippen LogP contribution < -0.4 is 10.1 Å². The monoisotopic (exact) mass is 401 g/mol. The Bertz CT molecular complexity index is 992. The average Bonchev–Trinajstić information content (AvgIpc) is 2.67. The topological polar surface area (TPSA) is 73.3 Å². The number of fused-ring (bicyclic) bond motifs is 1. The van der Waals surface area contributed by atoms with E-state index < -0.39 is 5.97 Å². The molecule has 0 amide bonds. The molecule has 3 rings (SSSR count). The highest BCUT2D eigenvalue weighted by molar-refractivity contribution is 6.05. The first-order valence-electron chi connectivity index (χ1n) is 8.88. The van der Waals surface area contributed by atoms with Crippen molar-refractivity contribution in [2.75, 3.05) is 19.0 Å². The number of hydrogen-bond acceptors (Lipinski definition) is 6. The van der Waals surface area contributed by atoms with E-state index in [1.54, 1.807) is 7.11 Å². The van der Waals surface area contributed by atoms with Crippen molar-refractivity contribution in [3.8, 4) is 5.75 Å². The first kappa shape index (κ1) is 21.4. The zero-order valence-corrected chi connectivity index (χ0v) is 17.2. The van der Waals surface area contributed by atoms with Crippen LogP contribution in [0.25, 0.3) is 11.0 Å². The number of anilines is 2. The Hall–Kier alpha value is -2.86. The predicted octanol–water partition coefficient (Wildman–Crippen LogP) is 4.99. The fourth-order valence-corrected chi connectivity index (χ4v) is 2.77. The summed E-state index contributed by atoms with van der Waals surface area (Å²) in [6.07, 6.45) is 2.28. The van der Waals surface area contributed by atoms with Gasteiger partial charge in [-0.3, -0.25) is 0 Å². The molecule has 2 aromatic heterocycles. The second kappa shape index (κ2) is 9.37. The van der Waals surface area contributed by atoms with Crippen LogP contribution in [0, 0.1) is 13.8 Å². The molecule has 2 heterocycles. The fraction of sp³-hybridized carbons (Fsp3) is 0.286. The third kappa shape index (κ3) is 4.51. The van der Waals surface area contributed by atoms with E-state index in [1.165, 1.54) is 6.20 Å². The lowest BCUT2D eigenvalue weighted by molar-refractivity contribution is 0.0506. The van der Waals surface area contributed by atoms with Gasteiger partial charge in [0.1, 0.15) is 11.3 Å². The average molecular weight is 402 g/mol. The number of carbonyl (C=O) groups is 1. The van der Waals surface area contributed by atoms with E-state index in [0.29, 0.717) is 23.5 Å². The van der Waals surface area contributed by atoms with Gasteiger partial charge >= 0.3 is 5.97 Å². The molecule has 3 aromatic rings. The largest absolute Gasteiger partial charge is 0.497 e. The molecule has 0 atom stereocenters. The number of esters is 1. The third-order valence-electron chi connectivity index (χ3n) is 4.22. The maximum absolute atomic E-state index is 12.6. The van der Waals surface area contributed by atoms with Gasteiger partial charge in [0.15, 0.2) is 5.65 Å². The fourth-order valence-electron chi connectivity index (χ4n) is 2.77. The van der Waals surface area contributed by atoms with Crippen LogP contribution in [0.15, 0.2) is 36.5 Å². The van der Waals surface area contributed by atoms with Gasteiger partial charge in [0, 0.05) is 23.0 Å². The summed E-state index contributed by atoms with van der Waals surface area (Å²) in [4.78, 5) is 21.4. The summed E-state index contributed by atoms with van der Waals surface area (Å²) in [5.74, 6) is 0.373. The SMILES string of the molecule is CCCOC(=O)c1cnc2nc(C)ccc2c1Nc1ccc(OC)cc1C.Cl. The van der Waals surface area contributed by atoms with Gasteiger partial charge in [-0.05, 0) is 56.2 Å². The van der Waals surface area contributed by atoms with Gasteiger partial charge in [0.25, 0.3) is 0 Å². The van der Waals surface area contributed by atoms with Gasteiger partial charge < -0.3 is 14.8 Å². The molecule has 0 radical (unpaired) electrons. The van der Waals surface area contributed by atoms with E-state index in [0.717, 1.165) is 34.5 Å². The maximum Gasteiger partial charge on any atom is 0.341 e. The minimum absolute atomic E-state index is 0. The molecule has 7 heteroatoms. The number of aryl methyl sites for hydroxylation is 2. The molecule has 0 aliphatic carbocycles. The lowest BCUT2D eigenvalue weighted by Gasteiger charge is -2.16. The summed E-state index contributed by atoms with van der Waals surface area (Å²) in [5.41, 5.74) is 4.33. The number of pyridine rings is 2. The van der Waals surface area contributed by atoms with Crippen molar-refractivity contribution in [2.45, 2.75) is 27.2 Å². The van der Waals surface area contributed by atoms with Crippen LogP contribution in [0.5, 0.6) is 5.75 Å². The molecule has 0 saturated heterocycles. The molecule has 6 nitrogen and oxygen atoms in total. The zero-order chi connectivity index (χ0) is 19.4. The molecule has 0 saturated carbocycles. The molecule has 1 aromatic carbocycles. The first-order valence-corrected chi connectivity index (χ1v) is 8.88. The number of nitrogens with one attached hydrogen (secondary N) is 1. The van der Waals surface area contributed by atoms with Crippen LogP contribution in [0.4, 0.5) is 11.4 Å². The number of rotatable bonds is 6. The van der Waals surface area contributed by atoms with Gasteiger partial charge in [-0.1, -0.05) is 6.92 Å². The minimum atomic E-state index is -0.402. The van der Waals surface area contributed by atoms with Crippen LogP contribution >= 0.6 is 12.4 Å². The number of aromatic nitrogens is 2. The lowest BCUT2D eigenvalue weighted by Crippen LogP contribution is -2.10. The number of hydrogen-bond donors (Lipinski definition) is 1. The molecule has 0 aliphatic rings. The highest BCUT2D eigenvalue weighted by atomic mass is 35.5. The lowest BCUT2D eigenvalue weighted by atomic mass is 10.1. The number of benzene rings is 1. The molecule has 1 N–H and O–H groups in total. The Balaban J connectivity index is 0.00000280. The van der Waals surface area contributed by atoms with E-state index >= 15 is 0 Å². The summed E-state index contributed by atoms with van der Waals surface area (Å²) in [5, 5.41) is 4.14. The van der Waals surface area contributed by atoms with Gasteiger partial charge in [-0.15, -0.1) is 12.4 Å². The second-order valence-electron chi connectivity index (χ2n) is 6.31. The molecule has 0 unspecified atom stereocenters. The van der Waals surface area contributed by atoms with Gasteiger partial charge in [-0.2, -0.15) is 0 Å². The van der Waals surface area contributed by atoms with Crippen molar-refractivity contribution in [1.82, 2.24) is 9.97 Å². The Kier molecular flexibility index (Phi) is 7.18. The summed E-state index contributed by atoms with van der Waals surface area (Å²) in [6, 6.07) is 9.54. The van der Waals surface area contributed by atoms with Gasteiger partial charge in [-0.25, -0.2) is 14.8 Å². The molecule has 0 aliphatic heterocycles. The van der Waals surface area contributed by atoms with Crippen LogP contribution in [0.1, 0.15) is 35.0 Å². The van der Waals surface area contributed by atoms with E-state index in [1.807, 2.05) is 51.1 Å². The standard InChI is InChI=1S/C21H23N3O3.ClH/c1-5-10-27-21(25)17-12-22-20-16(8-6-14(3)23-20)19(17)24-18-9-7-15(26-4)11-13(18)2;/h6-9,11-12H,5,10H2,1-4H3,(H,22,23,24);1H. The number of nitrogens with zero attached hydrogens (tertiary/aromatic N) is 2. The minimum Gasteiger partial charge on any atom is -0.497 e. The number of carbonyl (C=O) groups excluding carboxylic acids is 1. The quantitative estimate of drug-likeness (QED) is 0.587. The Labute approximate surface area is 170 Å². The van der Waals surface area contributed by atoms with E-state index in [2.05, 4.69) is 15.3 Å². The Morgan fingerprint density at radius 2 is 1.96 bits per heavy atom. The molecule has 28 heavy (non-hydrogen) atoms. The van der Waals surface area contributed by atoms with E-state index in [-0.39, 0.29) is 12.4 Å². The summed E-state index contributed by atoms with van der Waals surface area (Å²) in [7, 11) is 1.63. The first-order chi connectivity index (χ1) is 13.0. The Morgan fingerprint density at radius 3 is 2.64 bits per heavy atom. The normalized spacial score (nSPS) is 10.3. The summed E-state index contributed by atoms with van der Waals surface area (Å²) in [6.45, 7) is 6.21. The molecule has 0 spiro atoms. The van der Waals surface area contributed by atoms with Crippen molar-refractivity contribution in [2.24, 2.45) is 0 Å². The van der Waals surface area contributed by atoms with Gasteiger partial charge in [0.2, 0.25) is 0 Å². The predicted molar refractivity (Wildman–Crippen MR) is 113 cm³/mol. The van der Waals surface area contributed by atoms with Crippen molar-refractivity contribution in [3.05, 3.63) is 53.3 Å². The van der Waals surface area contributed by atoms with E-state index in [4.69, 9.17) is 9.47 Å². The van der Waals surface area contributed by atoms with Crippen molar-refractivity contribution in [1.29, 1.82) is 0 Å². The maximum atomic E-state index is 12.6. The van der Waals surface area contributed by atoms with Crippen LogP contribution in [-0.2, 0) is 4.74 Å². The van der Waals surface area contributed by atoms with Gasteiger partial charge in [0.05, 0.1) is 19.4 Å². The van der Waals surface area contributed by atoms with Crippen molar-refractivity contribution in [3.63, 3.8) is 0 Å². The zero-order valence-electron chi connectivity index (χ0n) is 16.4. The summed E-state index contributed by atoms with van der Waals surface area (Å²) >= 11 is 0. The highest BCUT2D eigenvalue weighted by Crippen LogP contribution is 2.31. The molecule has 148 valence electrons. The number of methoxy groups -OCH3 is 1. The smallest absolute Gasteiger partial charge is 0.341 e. The molecule has 0 bridgehead atoms. The molecular formula is C21H24ClN3O3. The molecular weight excluding hydrogens is 378 g/mol. The Morgan fingerprint density at radius 1 is 1.18 bits per heavy atom. The molecule has 0 fully saturated rings. The second-order valence-corrected chi connectivity index (χ2v) is 6.31. The number of halogens is 1. The van der Waals surface area contributed by atoms with Crippen molar-refractivity contribution < 1.29 is 14.3 Å². The van der Waals surface area contributed by atoms with E-state index in [9.17, 15) is 4.79 Å². The number of ether oxygens (including phenoxy) is 2. The van der Waals surface area contributed by atoms with Crippen LogP contribution in [0.3, 0.4) is 0 Å². The van der Waals surface area contributed by atoms with Crippen LogP contribution in [-0.4, -0.2) is 29.7 Å². The summed E-state index contributed by atoms with van der Waals surface area (Å²) < 4.78 is 10.6.